The SMILES string of the molecule is C=C/C=N\N(C)CC.CC. The summed E-state index contributed by atoms with van der Waals surface area (Å²) in [5.74, 6) is 0. The average molecular weight is 142 g/mol. The first-order chi connectivity index (χ1) is 4.81. The Hall–Kier alpha value is -0.790. The fourth-order valence-electron chi connectivity index (χ4n) is 0.243. The van der Waals surface area contributed by atoms with Gasteiger partial charge in [0.1, 0.15) is 0 Å². The van der Waals surface area contributed by atoms with Crippen LogP contribution in [0.3, 0.4) is 0 Å². The van der Waals surface area contributed by atoms with Gasteiger partial charge in [0.15, 0.2) is 0 Å². The second-order valence-electron chi connectivity index (χ2n) is 1.47. The summed E-state index contributed by atoms with van der Waals surface area (Å²) in [6.07, 6.45) is 3.33. The molecule has 2 nitrogen and oxygen atoms in total. The molecular formula is C8H18N2. The lowest BCUT2D eigenvalue weighted by atomic mass is 10.7. The van der Waals surface area contributed by atoms with E-state index in [1.54, 1.807) is 12.3 Å². The Morgan fingerprint density at radius 2 is 2.00 bits per heavy atom. The lowest BCUT2D eigenvalue weighted by Gasteiger charge is -2.06. The normalized spacial score (nSPS) is 8.40. The van der Waals surface area contributed by atoms with Gasteiger partial charge >= 0.3 is 0 Å². The zero-order valence-electron chi connectivity index (χ0n) is 7.46. The maximum absolute atomic E-state index is 3.95. The zero-order valence-corrected chi connectivity index (χ0v) is 7.46. The maximum atomic E-state index is 3.95. The number of allylic oxidation sites excluding steroid dienone is 1. The van der Waals surface area contributed by atoms with Gasteiger partial charge in [0.25, 0.3) is 0 Å². The van der Waals surface area contributed by atoms with Gasteiger partial charge in [-0.15, -0.1) is 0 Å². The number of hydrazone groups is 1. The topological polar surface area (TPSA) is 15.6 Å². The standard InChI is InChI=1S/C6H12N2.C2H6/c1-4-6-7-8(3)5-2;1-2/h4,6H,1,5H2,2-3H3;1-2H3/b7-6-;. The van der Waals surface area contributed by atoms with Crippen LogP contribution in [-0.4, -0.2) is 24.8 Å². The van der Waals surface area contributed by atoms with Crippen molar-refractivity contribution in [2.24, 2.45) is 5.10 Å². The van der Waals surface area contributed by atoms with Crippen molar-refractivity contribution in [2.45, 2.75) is 20.8 Å². The zero-order chi connectivity index (χ0) is 8.41. The molecule has 2 heteroatoms. The molecule has 0 aliphatic heterocycles. The number of hydrogen-bond acceptors (Lipinski definition) is 2. The van der Waals surface area contributed by atoms with Crippen LogP contribution < -0.4 is 0 Å². The van der Waals surface area contributed by atoms with Gasteiger partial charge in [0, 0.05) is 19.8 Å². The Balaban J connectivity index is 0. The Morgan fingerprint density at radius 1 is 1.50 bits per heavy atom. The highest BCUT2D eigenvalue weighted by atomic mass is 15.4. The number of nitrogens with zero attached hydrogens (tertiary/aromatic N) is 2. The van der Waals surface area contributed by atoms with E-state index in [0.29, 0.717) is 0 Å². The summed E-state index contributed by atoms with van der Waals surface area (Å²) >= 11 is 0. The Kier molecular flexibility index (Phi) is 13.2. The molecule has 0 aromatic rings. The average Bonchev–Trinajstić information content (AvgIpc) is 2.04. The molecule has 0 rings (SSSR count). The molecule has 0 heterocycles. The minimum atomic E-state index is 0.935. The molecule has 0 unspecified atom stereocenters. The molecule has 0 aliphatic rings. The first kappa shape index (κ1) is 11.9. The molecule has 0 aromatic carbocycles. The second kappa shape index (κ2) is 11.1. The highest BCUT2D eigenvalue weighted by Crippen LogP contribution is 1.77. The number of rotatable bonds is 3. The van der Waals surface area contributed by atoms with E-state index in [2.05, 4.69) is 11.7 Å². The second-order valence-corrected chi connectivity index (χ2v) is 1.47. The molecule has 60 valence electrons. The molecule has 0 fully saturated rings. The van der Waals surface area contributed by atoms with Gasteiger partial charge in [0.05, 0.1) is 0 Å². The third-order valence-electron chi connectivity index (χ3n) is 0.827. The lowest BCUT2D eigenvalue weighted by molar-refractivity contribution is 0.378. The van der Waals surface area contributed by atoms with E-state index in [0.717, 1.165) is 6.54 Å². The van der Waals surface area contributed by atoms with Crippen molar-refractivity contribution < 1.29 is 0 Å². The summed E-state index contributed by atoms with van der Waals surface area (Å²) in [4.78, 5) is 0. The van der Waals surface area contributed by atoms with Crippen molar-refractivity contribution in [3.05, 3.63) is 12.7 Å². The first-order valence-electron chi connectivity index (χ1n) is 3.67. The van der Waals surface area contributed by atoms with Crippen LogP contribution >= 0.6 is 0 Å². The van der Waals surface area contributed by atoms with E-state index in [4.69, 9.17) is 0 Å². The third-order valence-corrected chi connectivity index (χ3v) is 0.827. The summed E-state index contributed by atoms with van der Waals surface area (Å²) in [5, 5.41) is 5.79. The Labute approximate surface area is 64.2 Å². The van der Waals surface area contributed by atoms with Crippen LogP contribution in [0.15, 0.2) is 17.8 Å². The summed E-state index contributed by atoms with van der Waals surface area (Å²) in [5.41, 5.74) is 0. The van der Waals surface area contributed by atoms with Crippen molar-refractivity contribution in [3.63, 3.8) is 0 Å². The fourth-order valence-corrected chi connectivity index (χ4v) is 0.243. The quantitative estimate of drug-likeness (QED) is 0.435. The maximum Gasteiger partial charge on any atom is 0.0464 e. The molecule has 0 amide bonds. The monoisotopic (exact) mass is 142 g/mol. The van der Waals surface area contributed by atoms with Crippen molar-refractivity contribution in [2.75, 3.05) is 13.6 Å². The van der Waals surface area contributed by atoms with Crippen molar-refractivity contribution in [1.29, 1.82) is 0 Å². The van der Waals surface area contributed by atoms with Crippen molar-refractivity contribution in [3.8, 4) is 0 Å². The summed E-state index contributed by atoms with van der Waals surface area (Å²) < 4.78 is 0. The van der Waals surface area contributed by atoms with E-state index >= 15 is 0 Å². The Bertz CT molecular complexity index is 87.3. The van der Waals surface area contributed by atoms with Crippen LogP contribution in [0.4, 0.5) is 0 Å². The third kappa shape index (κ3) is 10.2. The van der Waals surface area contributed by atoms with Gasteiger partial charge in [-0.1, -0.05) is 20.4 Å². The van der Waals surface area contributed by atoms with Gasteiger partial charge in [-0.05, 0) is 13.0 Å². The van der Waals surface area contributed by atoms with Gasteiger partial charge < -0.3 is 5.01 Å². The molecular weight excluding hydrogens is 124 g/mol. The van der Waals surface area contributed by atoms with Gasteiger partial charge in [0.2, 0.25) is 0 Å². The molecule has 0 radical (unpaired) electrons. The number of hydrogen-bond donors (Lipinski definition) is 0. The predicted molar refractivity (Wildman–Crippen MR) is 48.3 cm³/mol. The van der Waals surface area contributed by atoms with E-state index in [-0.39, 0.29) is 0 Å². The Morgan fingerprint density at radius 3 is 2.30 bits per heavy atom. The van der Waals surface area contributed by atoms with Crippen LogP contribution in [0.5, 0.6) is 0 Å². The predicted octanol–water partition coefficient (Wildman–Crippen LogP) is 2.14. The summed E-state index contributed by atoms with van der Waals surface area (Å²) in [7, 11) is 1.92. The first-order valence-corrected chi connectivity index (χ1v) is 3.67. The van der Waals surface area contributed by atoms with Crippen LogP contribution in [0.1, 0.15) is 20.8 Å². The van der Waals surface area contributed by atoms with Gasteiger partial charge in [-0.25, -0.2) is 0 Å². The van der Waals surface area contributed by atoms with E-state index < -0.39 is 0 Å². The lowest BCUT2D eigenvalue weighted by Crippen LogP contribution is -2.08. The van der Waals surface area contributed by atoms with E-state index in [1.807, 2.05) is 32.8 Å². The van der Waals surface area contributed by atoms with Crippen LogP contribution in [0.25, 0.3) is 0 Å². The highest BCUT2D eigenvalue weighted by Gasteiger charge is 1.78. The molecule has 0 bridgehead atoms. The minimum absolute atomic E-state index is 0.935. The summed E-state index contributed by atoms with van der Waals surface area (Å²) in [6.45, 7) is 10.5. The summed E-state index contributed by atoms with van der Waals surface area (Å²) in [6, 6.07) is 0. The molecule has 0 saturated carbocycles. The fraction of sp³-hybridized carbons (Fsp3) is 0.625. The van der Waals surface area contributed by atoms with Crippen LogP contribution in [-0.2, 0) is 0 Å². The van der Waals surface area contributed by atoms with E-state index in [1.165, 1.54) is 0 Å². The largest absolute Gasteiger partial charge is 0.300 e. The van der Waals surface area contributed by atoms with Gasteiger partial charge in [-0.2, -0.15) is 5.10 Å². The van der Waals surface area contributed by atoms with Crippen LogP contribution in [0, 0.1) is 0 Å². The molecule has 0 aliphatic carbocycles. The van der Waals surface area contributed by atoms with E-state index in [9.17, 15) is 0 Å². The molecule has 0 N–H and O–H groups in total. The molecule has 0 saturated heterocycles. The molecule has 0 spiro atoms. The van der Waals surface area contributed by atoms with Crippen molar-refractivity contribution in [1.82, 2.24) is 5.01 Å². The minimum Gasteiger partial charge on any atom is -0.300 e. The van der Waals surface area contributed by atoms with Crippen LogP contribution in [0.2, 0.25) is 0 Å². The molecule has 0 atom stereocenters. The smallest absolute Gasteiger partial charge is 0.0464 e. The molecule has 0 aromatic heterocycles. The van der Waals surface area contributed by atoms with Gasteiger partial charge in [-0.3, -0.25) is 0 Å². The highest BCUT2D eigenvalue weighted by molar-refractivity contribution is 5.69. The molecule has 10 heavy (non-hydrogen) atoms. The van der Waals surface area contributed by atoms with Crippen molar-refractivity contribution >= 4 is 6.21 Å².